The lowest BCUT2D eigenvalue weighted by molar-refractivity contribution is -0.135. The van der Waals surface area contributed by atoms with E-state index in [1.165, 1.54) is 12.8 Å². The molecule has 0 radical (unpaired) electrons. The summed E-state index contributed by atoms with van der Waals surface area (Å²) in [6, 6.07) is 7.63. The zero-order chi connectivity index (χ0) is 18.4. The van der Waals surface area contributed by atoms with Crippen molar-refractivity contribution in [2.75, 3.05) is 45.9 Å². The van der Waals surface area contributed by atoms with Crippen LogP contribution in [0.15, 0.2) is 24.3 Å². The van der Waals surface area contributed by atoms with Gasteiger partial charge in [0.1, 0.15) is 12.4 Å². The molecular weight excluding hydrogens is 330 g/mol. The Morgan fingerprint density at radius 2 is 1.92 bits per heavy atom. The van der Waals surface area contributed by atoms with Gasteiger partial charge in [-0.2, -0.15) is 0 Å². The van der Waals surface area contributed by atoms with Crippen LogP contribution < -0.4 is 10.5 Å². The monoisotopic (exact) mass is 361 g/mol. The van der Waals surface area contributed by atoms with E-state index in [0.29, 0.717) is 45.5 Å². The van der Waals surface area contributed by atoms with Crippen molar-refractivity contribution in [1.82, 2.24) is 9.80 Å². The number of benzene rings is 1. The van der Waals surface area contributed by atoms with Gasteiger partial charge >= 0.3 is 0 Å². The number of carbonyl (C=O) groups is 1. The number of β-amino-alcohol motifs (C(OH)–C–C–N with tert-alkyl or cyclic N) is 1. The molecule has 26 heavy (non-hydrogen) atoms. The normalized spacial score (nSPS) is 20.3. The van der Waals surface area contributed by atoms with Crippen LogP contribution in [0.4, 0.5) is 0 Å². The molecule has 0 atom stereocenters. The number of amides is 1. The fraction of sp³-hybridized carbons (Fsp3) is 0.650. The minimum absolute atomic E-state index is 0.115. The van der Waals surface area contributed by atoms with Crippen molar-refractivity contribution < 1.29 is 14.6 Å². The smallest absolute Gasteiger partial charge is 0.226 e. The van der Waals surface area contributed by atoms with Gasteiger partial charge < -0.3 is 25.4 Å². The van der Waals surface area contributed by atoms with Gasteiger partial charge in [-0.3, -0.25) is 4.79 Å². The van der Waals surface area contributed by atoms with E-state index >= 15 is 0 Å². The summed E-state index contributed by atoms with van der Waals surface area (Å²) < 4.78 is 5.53. The van der Waals surface area contributed by atoms with Gasteiger partial charge in [0.05, 0.1) is 12.0 Å². The van der Waals surface area contributed by atoms with E-state index in [-0.39, 0.29) is 5.91 Å². The molecule has 1 aromatic rings. The minimum Gasteiger partial charge on any atom is -0.492 e. The third kappa shape index (κ3) is 5.19. The molecule has 2 heterocycles. The lowest BCUT2D eigenvalue weighted by Crippen LogP contribution is -2.52. The molecular formula is C20H31N3O3. The molecule has 0 aromatic heterocycles. The van der Waals surface area contributed by atoms with Gasteiger partial charge in [0, 0.05) is 26.2 Å². The van der Waals surface area contributed by atoms with Crippen LogP contribution in [0.1, 0.15) is 31.2 Å². The summed E-state index contributed by atoms with van der Waals surface area (Å²) in [4.78, 5) is 16.9. The van der Waals surface area contributed by atoms with Gasteiger partial charge in [-0.05, 0) is 56.5 Å². The average Bonchev–Trinajstić information content (AvgIpc) is 3.13. The van der Waals surface area contributed by atoms with Crippen molar-refractivity contribution in [2.24, 2.45) is 5.73 Å². The lowest BCUT2D eigenvalue weighted by Gasteiger charge is -2.40. The van der Waals surface area contributed by atoms with E-state index < -0.39 is 5.60 Å². The van der Waals surface area contributed by atoms with Crippen molar-refractivity contribution in [3.05, 3.63) is 29.8 Å². The first-order valence-electron chi connectivity index (χ1n) is 9.72. The van der Waals surface area contributed by atoms with Gasteiger partial charge in [-0.15, -0.1) is 0 Å². The molecule has 3 N–H and O–H groups in total. The van der Waals surface area contributed by atoms with E-state index in [0.717, 1.165) is 30.9 Å². The quantitative estimate of drug-likeness (QED) is 0.758. The van der Waals surface area contributed by atoms with Crippen LogP contribution in [-0.2, 0) is 11.2 Å². The molecule has 2 aliphatic rings. The van der Waals surface area contributed by atoms with Crippen molar-refractivity contribution in [1.29, 1.82) is 0 Å². The molecule has 0 bridgehead atoms. The topological polar surface area (TPSA) is 79.0 Å². The van der Waals surface area contributed by atoms with Gasteiger partial charge in [0.25, 0.3) is 0 Å². The molecule has 0 aliphatic carbocycles. The zero-order valence-corrected chi connectivity index (χ0v) is 15.5. The van der Waals surface area contributed by atoms with Gasteiger partial charge in [-0.1, -0.05) is 12.1 Å². The minimum atomic E-state index is -0.642. The number of carbonyl (C=O) groups excluding carboxylic acids is 1. The molecule has 0 unspecified atom stereocenters. The second-order valence-electron chi connectivity index (χ2n) is 7.55. The summed E-state index contributed by atoms with van der Waals surface area (Å²) in [7, 11) is 0. The van der Waals surface area contributed by atoms with Crippen LogP contribution >= 0.6 is 0 Å². The Bertz CT molecular complexity index is 594. The summed E-state index contributed by atoms with van der Waals surface area (Å²) in [5.74, 6) is 0.864. The average molecular weight is 361 g/mol. The first kappa shape index (κ1) is 19.1. The van der Waals surface area contributed by atoms with Crippen LogP contribution in [0, 0.1) is 0 Å². The molecule has 0 saturated carbocycles. The van der Waals surface area contributed by atoms with E-state index in [1.807, 2.05) is 29.2 Å². The highest BCUT2D eigenvalue weighted by molar-refractivity contribution is 5.79. The van der Waals surface area contributed by atoms with E-state index in [9.17, 15) is 9.90 Å². The van der Waals surface area contributed by atoms with Crippen molar-refractivity contribution in [3.8, 4) is 5.75 Å². The molecule has 1 amide bonds. The molecule has 3 rings (SSSR count). The first-order valence-corrected chi connectivity index (χ1v) is 9.72. The van der Waals surface area contributed by atoms with Gasteiger partial charge in [0.2, 0.25) is 5.91 Å². The second-order valence-corrected chi connectivity index (χ2v) is 7.55. The maximum atomic E-state index is 12.6. The maximum absolute atomic E-state index is 12.6. The number of aliphatic hydroxyl groups is 1. The lowest BCUT2D eigenvalue weighted by atomic mass is 9.90. The number of likely N-dealkylation sites (tertiary alicyclic amines) is 2. The van der Waals surface area contributed by atoms with Crippen molar-refractivity contribution in [2.45, 2.75) is 37.7 Å². The SMILES string of the molecule is NCCOc1cccc(CC(=O)N2CCC(O)(CN3CCCC3)CC2)c1. The molecule has 2 saturated heterocycles. The van der Waals surface area contributed by atoms with Crippen LogP contribution in [0.2, 0.25) is 0 Å². The highest BCUT2D eigenvalue weighted by Crippen LogP contribution is 2.25. The molecule has 2 aliphatic heterocycles. The van der Waals surface area contributed by atoms with Crippen LogP contribution in [0.3, 0.4) is 0 Å². The summed E-state index contributed by atoms with van der Waals surface area (Å²) in [5.41, 5.74) is 5.76. The van der Waals surface area contributed by atoms with Crippen LogP contribution in [0.25, 0.3) is 0 Å². The number of piperidine rings is 1. The number of hydrogen-bond acceptors (Lipinski definition) is 5. The Morgan fingerprint density at radius 3 is 2.62 bits per heavy atom. The van der Waals surface area contributed by atoms with E-state index in [2.05, 4.69) is 4.90 Å². The molecule has 0 spiro atoms. The fourth-order valence-electron chi connectivity index (χ4n) is 3.90. The van der Waals surface area contributed by atoms with Gasteiger partial charge in [-0.25, -0.2) is 0 Å². The summed E-state index contributed by atoms with van der Waals surface area (Å²) in [5, 5.41) is 10.8. The van der Waals surface area contributed by atoms with E-state index in [1.54, 1.807) is 0 Å². The Morgan fingerprint density at radius 1 is 1.19 bits per heavy atom. The predicted octanol–water partition coefficient (Wildman–Crippen LogP) is 1.02. The number of ether oxygens (including phenoxy) is 1. The van der Waals surface area contributed by atoms with E-state index in [4.69, 9.17) is 10.5 Å². The molecule has 144 valence electrons. The van der Waals surface area contributed by atoms with Crippen molar-refractivity contribution >= 4 is 5.91 Å². The first-order chi connectivity index (χ1) is 12.6. The summed E-state index contributed by atoms with van der Waals surface area (Å²) >= 11 is 0. The highest BCUT2D eigenvalue weighted by Gasteiger charge is 2.35. The molecule has 6 nitrogen and oxygen atoms in total. The number of nitrogens with zero attached hydrogens (tertiary/aromatic N) is 2. The standard InChI is InChI=1S/C20H31N3O3/c21-8-13-26-18-5-3-4-17(14-18)15-19(24)23-11-6-20(25,7-12-23)16-22-9-1-2-10-22/h3-5,14,25H,1-2,6-13,15-16,21H2. The van der Waals surface area contributed by atoms with Gasteiger partial charge in [0.15, 0.2) is 0 Å². The fourth-order valence-corrected chi connectivity index (χ4v) is 3.90. The number of hydrogen-bond donors (Lipinski definition) is 2. The summed E-state index contributed by atoms with van der Waals surface area (Å²) in [6.07, 6.45) is 4.15. The van der Waals surface area contributed by atoms with Crippen LogP contribution in [0.5, 0.6) is 5.75 Å². The van der Waals surface area contributed by atoms with Crippen molar-refractivity contribution in [3.63, 3.8) is 0 Å². The Labute approximate surface area is 155 Å². The Kier molecular flexibility index (Phi) is 6.51. The highest BCUT2D eigenvalue weighted by atomic mass is 16.5. The number of rotatable bonds is 7. The number of nitrogens with two attached hydrogens (primary N) is 1. The molecule has 6 heteroatoms. The molecule has 2 fully saturated rings. The predicted molar refractivity (Wildman–Crippen MR) is 101 cm³/mol. The third-order valence-electron chi connectivity index (χ3n) is 5.40. The van der Waals surface area contributed by atoms with Crippen LogP contribution in [-0.4, -0.2) is 72.3 Å². The Balaban J connectivity index is 1.49. The molecule has 1 aromatic carbocycles. The maximum Gasteiger partial charge on any atom is 0.226 e. The second kappa shape index (κ2) is 8.84. The summed E-state index contributed by atoms with van der Waals surface area (Å²) in [6.45, 7) is 5.13. The largest absolute Gasteiger partial charge is 0.492 e. The Hall–Kier alpha value is -1.63. The third-order valence-corrected chi connectivity index (χ3v) is 5.40. The zero-order valence-electron chi connectivity index (χ0n) is 15.5.